The van der Waals surface area contributed by atoms with Crippen LogP contribution in [-0.4, -0.2) is 23.0 Å². The van der Waals surface area contributed by atoms with Gasteiger partial charge in [0.05, 0.1) is 28.9 Å². The fourth-order valence-electron chi connectivity index (χ4n) is 2.32. The molecular formula is C18H13FN2O5S. The van der Waals surface area contributed by atoms with Crippen LogP contribution in [0.3, 0.4) is 0 Å². The Morgan fingerprint density at radius 2 is 2.07 bits per heavy atom. The molecule has 0 bridgehead atoms. The first-order valence-corrected chi connectivity index (χ1v) is 8.56. The number of hydrogen-bond acceptors (Lipinski definition) is 7. The summed E-state index contributed by atoms with van der Waals surface area (Å²) in [6, 6.07) is 10.2. The summed E-state index contributed by atoms with van der Waals surface area (Å²) in [5, 5.41) is 13.1. The average molecular weight is 388 g/mol. The van der Waals surface area contributed by atoms with Gasteiger partial charge in [-0.3, -0.25) is 10.1 Å². The molecule has 1 heterocycles. The molecule has 27 heavy (non-hydrogen) atoms. The number of halogens is 1. The van der Waals surface area contributed by atoms with Crippen LogP contribution in [0.25, 0.3) is 10.6 Å². The molecule has 3 rings (SSSR count). The number of carbonyl (C=O) groups is 1. The molecule has 0 N–H and O–H groups in total. The zero-order valence-corrected chi connectivity index (χ0v) is 14.9. The highest BCUT2D eigenvalue weighted by atomic mass is 32.1. The fourth-order valence-corrected chi connectivity index (χ4v) is 3.16. The number of rotatable bonds is 6. The summed E-state index contributed by atoms with van der Waals surface area (Å²) in [4.78, 5) is 26.2. The number of benzene rings is 2. The van der Waals surface area contributed by atoms with E-state index in [2.05, 4.69) is 4.98 Å². The Bertz CT molecular complexity index is 1000. The Morgan fingerprint density at radius 1 is 1.30 bits per heavy atom. The van der Waals surface area contributed by atoms with Crippen LogP contribution in [0.15, 0.2) is 47.8 Å². The van der Waals surface area contributed by atoms with Crippen LogP contribution < -0.4 is 4.74 Å². The van der Waals surface area contributed by atoms with Gasteiger partial charge in [0.2, 0.25) is 5.82 Å². The minimum Gasteiger partial charge on any atom is -0.496 e. The predicted octanol–water partition coefficient (Wildman–Crippen LogP) is 4.22. The summed E-state index contributed by atoms with van der Waals surface area (Å²) < 4.78 is 24.0. The number of methoxy groups -OCH3 is 1. The minimum absolute atomic E-state index is 0.108. The molecule has 2 aromatic carbocycles. The molecule has 0 aliphatic carbocycles. The topological polar surface area (TPSA) is 91.6 Å². The zero-order chi connectivity index (χ0) is 19.4. The third-order valence-electron chi connectivity index (χ3n) is 3.62. The number of thiazole rings is 1. The summed E-state index contributed by atoms with van der Waals surface area (Å²) in [7, 11) is 1.57. The Morgan fingerprint density at radius 3 is 2.78 bits per heavy atom. The van der Waals surface area contributed by atoms with Crippen molar-refractivity contribution in [1.29, 1.82) is 0 Å². The highest BCUT2D eigenvalue weighted by molar-refractivity contribution is 7.13. The van der Waals surface area contributed by atoms with E-state index in [-0.39, 0.29) is 12.2 Å². The van der Waals surface area contributed by atoms with Crippen LogP contribution in [0, 0.1) is 15.9 Å². The van der Waals surface area contributed by atoms with Gasteiger partial charge in [0, 0.05) is 11.4 Å². The minimum atomic E-state index is -1.10. The van der Waals surface area contributed by atoms with E-state index < -0.39 is 22.4 Å². The van der Waals surface area contributed by atoms with Crippen LogP contribution in [-0.2, 0) is 11.3 Å². The second-order valence-electron chi connectivity index (χ2n) is 5.34. The lowest BCUT2D eigenvalue weighted by Crippen LogP contribution is -2.06. The number of para-hydroxylation sites is 1. The van der Waals surface area contributed by atoms with Gasteiger partial charge >= 0.3 is 11.7 Å². The highest BCUT2D eigenvalue weighted by Gasteiger charge is 2.18. The smallest absolute Gasteiger partial charge is 0.338 e. The number of esters is 1. The first kappa shape index (κ1) is 18.5. The van der Waals surface area contributed by atoms with Crippen molar-refractivity contribution >= 4 is 23.0 Å². The van der Waals surface area contributed by atoms with Gasteiger partial charge in [0.25, 0.3) is 0 Å². The molecule has 0 aliphatic rings. The average Bonchev–Trinajstić information content (AvgIpc) is 3.14. The van der Waals surface area contributed by atoms with E-state index in [0.29, 0.717) is 16.5 Å². The van der Waals surface area contributed by atoms with E-state index in [1.807, 2.05) is 24.3 Å². The van der Waals surface area contributed by atoms with Crippen LogP contribution in [0.2, 0.25) is 0 Å². The van der Waals surface area contributed by atoms with Crippen molar-refractivity contribution in [3.05, 3.63) is 75.0 Å². The van der Waals surface area contributed by atoms with Gasteiger partial charge in [-0.15, -0.1) is 11.3 Å². The van der Waals surface area contributed by atoms with Gasteiger partial charge < -0.3 is 9.47 Å². The molecule has 0 spiro atoms. The Kier molecular flexibility index (Phi) is 5.41. The number of aromatic nitrogens is 1. The Hall–Kier alpha value is -3.33. The fraction of sp³-hybridized carbons (Fsp3) is 0.111. The molecule has 0 radical (unpaired) electrons. The number of nitro groups is 1. The molecule has 0 aliphatic heterocycles. The molecule has 7 nitrogen and oxygen atoms in total. The van der Waals surface area contributed by atoms with Crippen LogP contribution in [0.1, 0.15) is 16.1 Å². The van der Waals surface area contributed by atoms with Crippen molar-refractivity contribution in [3.63, 3.8) is 0 Å². The van der Waals surface area contributed by atoms with Crippen molar-refractivity contribution in [2.45, 2.75) is 6.61 Å². The quantitative estimate of drug-likeness (QED) is 0.357. The van der Waals surface area contributed by atoms with Gasteiger partial charge in [-0.25, -0.2) is 9.78 Å². The second-order valence-corrected chi connectivity index (χ2v) is 6.20. The lowest BCUT2D eigenvalue weighted by atomic mass is 10.2. The maximum atomic E-state index is 13.6. The monoisotopic (exact) mass is 388 g/mol. The van der Waals surface area contributed by atoms with E-state index in [9.17, 15) is 19.3 Å². The van der Waals surface area contributed by atoms with Crippen LogP contribution in [0.5, 0.6) is 5.75 Å². The van der Waals surface area contributed by atoms with Gasteiger partial charge in [0.15, 0.2) is 0 Å². The first-order valence-electron chi connectivity index (χ1n) is 7.68. The molecule has 1 aromatic heterocycles. The molecule has 0 amide bonds. The molecule has 0 saturated heterocycles. The van der Waals surface area contributed by atoms with Gasteiger partial charge in [-0.2, -0.15) is 4.39 Å². The highest BCUT2D eigenvalue weighted by Crippen LogP contribution is 2.32. The maximum Gasteiger partial charge on any atom is 0.338 e. The summed E-state index contributed by atoms with van der Waals surface area (Å²) in [6.45, 7) is -0.108. The lowest BCUT2D eigenvalue weighted by Gasteiger charge is -2.05. The third kappa shape index (κ3) is 4.09. The number of ether oxygens (including phenoxy) is 2. The van der Waals surface area contributed by atoms with E-state index in [0.717, 1.165) is 23.8 Å². The van der Waals surface area contributed by atoms with Gasteiger partial charge in [-0.05, 0) is 24.3 Å². The van der Waals surface area contributed by atoms with Crippen molar-refractivity contribution in [3.8, 4) is 16.3 Å². The van der Waals surface area contributed by atoms with Crippen molar-refractivity contribution in [2.75, 3.05) is 7.11 Å². The number of hydrogen-bond donors (Lipinski definition) is 0. The zero-order valence-electron chi connectivity index (χ0n) is 14.0. The number of nitrogens with zero attached hydrogens (tertiary/aromatic N) is 2. The summed E-state index contributed by atoms with van der Waals surface area (Å²) >= 11 is 1.37. The molecule has 0 saturated carbocycles. The molecule has 0 atom stereocenters. The maximum absolute atomic E-state index is 13.6. The number of nitro benzene ring substituents is 1. The third-order valence-corrected chi connectivity index (χ3v) is 4.54. The van der Waals surface area contributed by atoms with E-state index in [1.165, 1.54) is 11.3 Å². The number of carbonyl (C=O) groups excluding carboxylic acids is 1. The molecule has 0 unspecified atom stereocenters. The molecule has 3 aromatic rings. The van der Waals surface area contributed by atoms with E-state index >= 15 is 0 Å². The van der Waals surface area contributed by atoms with Crippen LogP contribution >= 0.6 is 11.3 Å². The summed E-state index contributed by atoms with van der Waals surface area (Å²) in [5.41, 5.74) is 0.530. The Balaban J connectivity index is 1.69. The van der Waals surface area contributed by atoms with Crippen molar-refractivity contribution in [1.82, 2.24) is 4.98 Å². The van der Waals surface area contributed by atoms with Gasteiger partial charge in [0.1, 0.15) is 17.4 Å². The molecule has 9 heteroatoms. The summed E-state index contributed by atoms with van der Waals surface area (Å²) in [5.74, 6) is -1.21. The molecule has 138 valence electrons. The standard InChI is InChI=1S/C18H13FN2O5S/c1-25-16-5-3-2-4-13(16)17-20-12(10-27-17)9-26-18(22)11-6-7-15(21(23)24)14(19)8-11/h2-8,10H,9H2,1H3. The summed E-state index contributed by atoms with van der Waals surface area (Å²) in [6.07, 6.45) is 0. The van der Waals surface area contributed by atoms with E-state index in [1.54, 1.807) is 12.5 Å². The van der Waals surface area contributed by atoms with Crippen molar-refractivity contribution in [2.24, 2.45) is 0 Å². The lowest BCUT2D eigenvalue weighted by molar-refractivity contribution is -0.387. The molecular weight excluding hydrogens is 375 g/mol. The Labute approximate surface area is 157 Å². The van der Waals surface area contributed by atoms with Gasteiger partial charge in [-0.1, -0.05) is 12.1 Å². The van der Waals surface area contributed by atoms with Crippen LogP contribution in [0.4, 0.5) is 10.1 Å². The normalized spacial score (nSPS) is 10.4. The second kappa shape index (κ2) is 7.92. The molecule has 0 fully saturated rings. The first-order chi connectivity index (χ1) is 13.0. The SMILES string of the molecule is COc1ccccc1-c1nc(COC(=O)c2ccc([N+](=O)[O-])c(F)c2)cs1. The van der Waals surface area contributed by atoms with Crippen molar-refractivity contribution < 1.29 is 23.6 Å². The predicted molar refractivity (Wildman–Crippen MR) is 96.3 cm³/mol. The largest absolute Gasteiger partial charge is 0.496 e. The van der Waals surface area contributed by atoms with E-state index in [4.69, 9.17) is 9.47 Å².